The van der Waals surface area contributed by atoms with Crippen LogP contribution in [0, 0.1) is 16.0 Å². The van der Waals surface area contributed by atoms with Crippen molar-refractivity contribution in [3.05, 3.63) is 39.9 Å². The quantitative estimate of drug-likeness (QED) is 0.457. The minimum atomic E-state index is -0.363. The van der Waals surface area contributed by atoms with Crippen LogP contribution in [-0.2, 0) is 6.54 Å². The highest BCUT2D eigenvalue weighted by molar-refractivity contribution is 5.34. The van der Waals surface area contributed by atoms with Gasteiger partial charge in [-0.2, -0.15) is 0 Å². The largest absolute Gasteiger partial charge is 0.313 e. The Balaban J connectivity index is 2.42. The second kappa shape index (κ2) is 6.23. The molecule has 16 heavy (non-hydrogen) atoms. The number of nitro benzene ring substituents is 1. The predicted octanol–water partition coefficient (Wildman–Crippen LogP) is 2.73. The molecular formula is C12H18N2O2. The fourth-order valence-corrected chi connectivity index (χ4v) is 1.40. The van der Waals surface area contributed by atoms with Crippen molar-refractivity contribution in [3.63, 3.8) is 0 Å². The number of rotatable bonds is 6. The molecule has 0 aromatic heterocycles. The molecule has 1 rings (SSSR count). The van der Waals surface area contributed by atoms with Gasteiger partial charge in [-0.3, -0.25) is 10.1 Å². The van der Waals surface area contributed by atoms with Crippen LogP contribution in [0.2, 0.25) is 0 Å². The Kier molecular flexibility index (Phi) is 4.92. The molecule has 0 saturated heterocycles. The fourth-order valence-electron chi connectivity index (χ4n) is 1.40. The highest BCUT2D eigenvalue weighted by atomic mass is 16.6. The lowest BCUT2D eigenvalue weighted by atomic mass is 10.1. The molecule has 0 bridgehead atoms. The van der Waals surface area contributed by atoms with Gasteiger partial charge in [0.05, 0.1) is 4.92 Å². The Labute approximate surface area is 95.8 Å². The standard InChI is InChI=1S/C12H18N2O2/c1-10(2)6-7-13-9-11-4-3-5-12(8-11)14(15)16/h3-5,8,10,13H,6-7,9H2,1-2H3. The maximum Gasteiger partial charge on any atom is 0.269 e. The summed E-state index contributed by atoms with van der Waals surface area (Å²) in [6.07, 6.45) is 1.12. The van der Waals surface area contributed by atoms with Gasteiger partial charge in [-0.15, -0.1) is 0 Å². The molecule has 4 nitrogen and oxygen atoms in total. The van der Waals surface area contributed by atoms with Gasteiger partial charge in [-0.25, -0.2) is 0 Å². The van der Waals surface area contributed by atoms with E-state index in [0.29, 0.717) is 12.5 Å². The third kappa shape index (κ3) is 4.40. The predicted molar refractivity (Wildman–Crippen MR) is 64.3 cm³/mol. The molecule has 0 saturated carbocycles. The van der Waals surface area contributed by atoms with Crippen molar-refractivity contribution in [2.24, 2.45) is 5.92 Å². The molecule has 0 fully saturated rings. The first-order valence-corrected chi connectivity index (χ1v) is 5.53. The summed E-state index contributed by atoms with van der Waals surface area (Å²) in [5, 5.41) is 13.8. The summed E-state index contributed by atoms with van der Waals surface area (Å²) in [5.41, 5.74) is 1.11. The van der Waals surface area contributed by atoms with E-state index in [1.165, 1.54) is 6.07 Å². The van der Waals surface area contributed by atoms with Gasteiger partial charge in [0.25, 0.3) is 5.69 Å². The molecule has 0 aliphatic carbocycles. The van der Waals surface area contributed by atoms with Gasteiger partial charge in [0.1, 0.15) is 0 Å². The van der Waals surface area contributed by atoms with Crippen LogP contribution in [0.25, 0.3) is 0 Å². The summed E-state index contributed by atoms with van der Waals surface area (Å²) in [7, 11) is 0. The molecule has 0 atom stereocenters. The van der Waals surface area contributed by atoms with E-state index in [4.69, 9.17) is 0 Å². The molecular weight excluding hydrogens is 204 g/mol. The molecule has 0 heterocycles. The van der Waals surface area contributed by atoms with Crippen molar-refractivity contribution >= 4 is 5.69 Å². The lowest BCUT2D eigenvalue weighted by Gasteiger charge is -2.06. The van der Waals surface area contributed by atoms with E-state index in [9.17, 15) is 10.1 Å². The first-order chi connectivity index (χ1) is 7.59. The highest BCUT2D eigenvalue weighted by Gasteiger charge is 2.04. The number of hydrogen-bond acceptors (Lipinski definition) is 3. The van der Waals surface area contributed by atoms with E-state index >= 15 is 0 Å². The molecule has 0 unspecified atom stereocenters. The van der Waals surface area contributed by atoms with Crippen LogP contribution in [0.3, 0.4) is 0 Å². The van der Waals surface area contributed by atoms with Gasteiger partial charge in [-0.05, 0) is 24.4 Å². The number of hydrogen-bond donors (Lipinski definition) is 1. The van der Waals surface area contributed by atoms with Crippen LogP contribution in [-0.4, -0.2) is 11.5 Å². The lowest BCUT2D eigenvalue weighted by Crippen LogP contribution is -2.16. The first-order valence-electron chi connectivity index (χ1n) is 5.53. The Morgan fingerprint density at radius 2 is 2.19 bits per heavy atom. The maximum atomic E-state index is 10.6. The van der Waals surface area contributed by atoms with Gasteiger partial charge in [-0.1, -0.05) is 26.0 Å². The molecule has 1 aromatic carbocycles. The van der Waals surface area contributed by atoms with Crippen molar-refractivity contribution in [3.8, 4) is 0 Å². The van der Waals surface area contributed by atoms with Crippen LogP contribution >= 0.6 is 0 Å². The second-order valence-electron chi connectivity index (χ2n) is 4.29. The average molecular weight is 222 g/mol. The van der Waals surface area contributed by atoms with Gasteiger partial charge in [0, 0.05) is 18.7 Å². The van der Waals surface area contributed by atoms with Crippen molar-refractivity contribution in [2.45, 2.75) is 26.8 Å². The SMILES string of the molecule is CC(C)CCNCc1cccc([N+](=O)[O-])c1. The van der Waals surface area contributed by atoms with Gasteiger partial charge in [0.15, 0.2) is 0 Å². The molecule has 0 spiro atoms. The molecule has 0 aliphatic heterocycles. The van der Waals surface area contributed by atoms with Gasteiger partial charge in [0.2, 0.25) is 0 Å². The average Bonchev–Trinajstić information content (AvgIpc) is 2.24. The minimum Gasteiger partial charge on any atom is -0.313 e. The second-order valence-corrected chi connectivity index (χ2v) is 4.29. The Morgan fingerprint density at radius 1 is 1.44 bits per heavy atom. The van der Waals surface area contributed by atoms with E-state index in [1.54, 1.807) is 12.1 Å². The molecule has 1 N–H and O–H groups in total. The van der Waals surface area contributed by atoms with Gasteiger partial charge >= 0.3 is 0 Å². The van der Waals surface area contributed by atoms with Crippen LogP contribution < -0.4 is 5.32 Å². The number of benzene rings is 1. The summed E-state index contributed by atoms with van der Waals surface area (Å²) in [6.45, 7) is 5.98. The van der Waals surface area contributed by atoms with Crippen molar-refractivity contribution in [1.82, 2.24) is 5.32 Å². The van der Waals surface area contributed by atoms with Gasteiger partial charge < -0.3 is 5.32 Å². The Bertz CT molecular complexity index is 351. The zero-order valence-electron chi connectivity index (χ0n) is 9.77. The number of non-ortho nitro benzene ring substituents is 1. The molecule has 0 aliphatic rings. The van der Waals surface area contributed by atoms with E-state index in [1.807, 2.05) is 6.07 Å². The molecule has 1 aromatic rings. The smallest absolute Gasteiger partial charge is 0.269 e. The molecule has 0 amide bonds. The number of nitro groups is 1. The summed E-state index contributed by atoms with van der Waals surface area (Å²) in [6, 6.07) is 6.74. The van der Waals surface area contributed by atoms with Crippen molar-refractivity contribution in [1.29, 1.82) is 0 Å². The topological polar surface area (TPSA) is 55.2 Å². The zero-order valence-corrected chi connectivity index (χ0v) is 9.77. The third-order valence-electron chi connectivity index (χ3n) is 2.35. The van der Waals surface area contributed by atoms with Crippen LogP contribution in [0.4, 0.5) is 5.69 Å². The number of nitrogens with one attached hydrogen (secondary N) is 1. The zero-order chi connectivity index (χ0) is 12.0. The third-order valence-corrected chi connectivity index (χ3v) is 2.35. The summed E-state index contributed by atoms with van der Waals surface area (Å²) in [5.74, 6) is 0.678. The normalized spacial score (nSPS) is 10.7. The Hall–Kier alpha value is -1.42. The van der Waals surface area contributed by atoms with Crippen molar-refractivity contribution in [2.75, 3.05) is 6.54 Å². The minimum absolute atomic E-state index is 0.156. The van der Waals surface area contributed by atoms with Crippen LogP contribution in [0.5, 0.6) is 0 Å². The lowest BCUT2D eigenvalue weighted by molar-refractivity contribution is -0.384. The molecule has 0 radical (unpaired) electrons. The van der Waals surface area contributed by atoms with E-state index < -0.39 is 0 Å². The van der Waals surface area contributed by atoms with Crippen LogP contribution in [0.1, 0.15) is 25.8 Å². The van der Waals surface area contributed by atoms with E-state index in [0.717, 1.165) is 18.5 Å². The molecule has 4 heteroatoms. The van der Waals surface area contributed by atoms with E-state index in [2.05, 4.69) is 19.2 Å². The number of nitrogens with zero attached hydrogens (tertiary/aromatic N) is 1. The van der Waals surface area contributed by atoms with Crippen LogP contribution in [0.15, 0.2) is 24.3 Å². The van der Waals surface area contributed by atoms with Crippen molar-refractivity contribution < 1.29 is 4.92 Å². The first kappa shape index (κ1) is 12.6. The highest BCUT2D eigenvalue weighted by Crippen LogP contribution is 2.12. The summed E-state index contributed by atoms with van der Waals surface area (Å²) < 4.78 is 0. The summed E-state index contributed by atoms with van der Waals surface area (Å²) >= 11 is 0. The molecule has 88 valence electrons. The monoisotopic (exact) mass is 222 g/mol. The summed E-state index contributed by atoms with van der Waals surface area (Å²) in [4.78, 5) is 10.2. The maximum absolute atomic E-state index is 10.6. The fraction of sp³-hybridized carbons (Fsp3) is 0.500. The Morgan fingerprint density at radius 3 is 2.81 bits per heavy atom. The van der Waals surface area contributed by atoms with E-state index in [-0.39, 0.29) is 10.6 Å².